The predicted octanol–water partition coefficient (Wildman–Crippen LogP) is 31.0. The van der Waals surface area contributed by atoms with Crippen molar-refractivity contribution in [1.29, 1.82) is 0 Å². The monoisotopic (exact) mass is 1440 g/mol. The maximum atomic E-state index is 5.94. The fourth-order valence-electron chi connectivity index (χ4n) is 15.8. The summed E-state index contributed by atoms with van der Waals surface area (Å²) in [4.78, 5) is 0. The van der Waals surface area contributed by atoms with Gasteiger partial charge in [0.15, 0.2) is 0 Å². The number of fused-ring (bicyclic) bond motifs is 12. The molecule has 0 aliphatic heterocycles. The van der Waals surface area contributed by atoms with Crippen LogP contribution in [0.4, 0.5) is 0 Å². The van der Waals surface area contributed by atoms with Crippen molar-refractivity contribution in [3.63, 3.8) is 0 Å². The van der Waals surface area contributed by atoms with Crippen LogP contribution in [0.25, 0.3) is 179 Å². The molecule has 524 valence electrons. The number of thiophene rings is 2. The summed E-state index contributed by atoms with van der Waals surface area (Å²) in [6, 6.07) is 141. The first kappa shape index (κ1) is 68.6. The Bertz CT molecular complexity index is 6720. The molecule has 0 spiro atoms. The Balaban J connectivity index is 0.000000103. The SMILES string of the molecule is Cc1cc(-c2ccc3oc4ccccc4c3c2)ccc1-c1ccccc1.Cc1cc(-c2ccc3sc4ccccc4c3c2)ccc1-c1ccccc1.Cc1ccccc1-c1ccc(-c2ccc3c(c2)c2ccccc2n3-c2ccccc2)cc1.Cc1ccccc1-c1ccc(-c2ccc3sc4ccccc4c3c2)cc1. The zero-order valence-corrected chi connectivity index (χ0v) is 63.3. The van der Waals surface area contributed by atoms with Gasteiger partial charge in [-0.25, -0.2) is 0 Å². The molecule has 0 bridgehead atoms. The van der Waals surface area contributed by atoms with Crippen LogP contribution in [0.3, 0.4) is 0 Å². The fourth-order valence-corrected chi connectivity index (χ4v) is 17.9. The van der Waals surface area contributed by atoms with E-state index in [1.54, 1.807) is 0 Å². The zero-order chi connectivity index (χ0) is 74.0. The molecular formula is C106H77NOS2. The third-order valence-corrected chi connectivity index (χ3v) is 23.8. The molecule has 0 aliphatic rings. The largest absolute Gasteiger partial charge is 0.456 e. The van der Waals surface area contributed by atoms with E-state index >= 15 is 0 Å². The average Bonchev–Trinajstić information content (AvgIpc) is 1.60. The van der Waals surface area contributed by atoms with Crippen LogP contribution in [0.2, 0.25) is 0 Å². The van der Waals surface area contributed by atoms with Gasteiger partial charge >= 0.3 is 0 Å². The van der Waals surface area contributed by atoms with Crippen LogP contribution in [-0.2, 0) is 0 Å². The van der Waals surface area contributed by atoms with E-state index in [0.29, 0.717) is 0 Å². The van der Waals surface area contributed by atoms with E-state index in [1.807, 2.05) is 34.8 Å². The number of para-hydroxylation sites is 3. The molecule has 0 unspecified atom stereocenters. The topological polar surface area (TPSA) is 18.1 Å². The number of aryl methyl sites for hydroxylation is 4. The molecule has 0 atom stereocenters. The van der Waals surface area contributed by atoms with Crippen molar-refractivity contribution < 1.29 is 4.42 Å². The third-order valence-electron chi connectivity index (χ3n) is 21.5. The lowest BCUT2D eigenvalue weighted by Gasteiger charge is -2.09. The highest BCUT2D eigenvalue weighted by Crippen LogP contribution is 2.42. The summed E-state index contributed by atoms with van der Waals surface area (Å²) in [5.41, 5.74) is 31.0. The van der Waals surface area contributed by atoms with E-state index in [2.05, 4.69) is 414 Å². The first-order valence-corrected chi connectivity index (χ1v) is 39.3. The van der Waals surface area contributed by atoms with E-state index in [9.17, 15) is 0 Å². The third kappa shape index (κ3) is 13.7. The van der Waals surface area contributed by atoms with Crippen LogP contribution >= 0.6 is 22.7 Å². The fraction of sp³-hybridized carbons (Fsp3) is 0.0377. The minimum Gasteiger partial charge on any atom is -0.456 e. The Morgan fingerprint density at radius 1 is 0.191 bits per heavy atom. The van der Waals surface area contributed by atoms with Crippen molar-refractivity contribution in [3.05, 3.63) is 417 Å². The van der Waals surface area contributed by atoms with Gasteiger partial charge in [0.25, 0.3) is 0 Å². The van der Waals surface area contributed by atoms with E-state index < -0.39 is 0 Å². The van der Waals surface area contributed by atoms with Crippen molar-refractivity contribution >= 4 is 107 Å². The molecule has 0 saturated heterocycles. The van der Waals surface area contributed by atoms with Gasteiger partial charge in [-0.3, -0.25) is 0 Å². The Morgan fingerprint density at radius 2 is 0.518 bits per heavy atom. The second-order valence-corrected chi connectivity index (χ2v) is 30.6. The van der Waals surface area contributed by atoms with Gasteiger partial charge < -0.3 is 8.98 Å². The first-order valence-electron chi connectivity index (χ1n) is 37.7. The van der Waals surface area contributed by atoms with Crippen molar-refractivity contribution in [2.75, 3.05) is 0 Å². The number of nitrogens with zero attached hydrogens (tertiary/aromatic N) is 1. The van der Waals surface area contributed by atoms with Gasteiger partial charge in [0.05, 0.1) is 11.0 Å². The number of aromatic nitrogens is 1. The lowest BCUT2D eigenvalue weighted by atomic mass is 9.95. The highest BCUT2D eigenvalue weighted by Gasteiger charge is 2.16. The first-order chi connectivity index (χ1) is 54.2. The van der Waals surface area contributed by atoms with Crippen molar-refractivity contribution in [3.8, 4) is 94.7 Å². The molecule has 21 aromatic rings. The van der Waals surface area contributed by atoms with Crippen molar-refractivity contribution in [1.82, 2.24) is 4.57 Å². The van der Waals surface area contributed by atoms with Crippen LogP contribution in [-0.4, -0.2) is 4.57 Å². The molecule has 110 heavy (non-hydrogen) atoms. The molecule has 17 aromatic carbocycles. The molecule has 0 saturated carbocycles. The predicted molar refractivity (Wildman–Crippen MR) is 476 cm³/mol. The summed E-state index contributed by atoms with van der Waals surface area (Å²) in [5, 5.41) is 10.3. The van der Waals surface area contributed by atoms with Gasteiger partial charge in [0.1, 0.15) is 11.2 Å². The lowest BCUT2D eigenvalue weighted by Crippen LogP contribution is -1.92. The Labute approximate surface area is 650 Å². The van der Waals surface area contributed by atoms with Crippen LogP contribution in [0, 0.1) is 27.7 Å². The number of rotatable bonds is 9. The Kier molecular flexibility index (Phi) is 18.8. The van der Waals surface area contributed by atoms with E-state index in [1.165, 1.54) is 190 Å². The average molecular weight is 1440 g/mol. The van der Waals surface area contributed by atoms with Gasteiger partial charge in [0.2, 0.25) is 0 Å². The standard InChI is InChI=1S/C31H23N.C25H18O.2C25H18S/c1-22-9-5-6-12-27(22)24-17-15-23(16-18-24)25-19-20-31-29(21-25)28-13-7-8-14-30(28)32(31)26-10-3-2-4-11-26;1-17-15-19(11-13-21(17)18-7-3-2-4-8-18)20-12-14-25-23(16-20)22-9-5-6-10-24(22)26-25;1-17-6-2-3-7-21(17)19-12-10-18(11-13-19)20-14-15-25-23(16-20)22-8-4-5-9-24(22)26-25;1-17-15-19(11-13-21(17)18-7-3-2-4-8-18)20-12-14-25-23(16-20)22-9-5-6-10-24(22)26-25/h2-21H,1H3;3*2-16H,1H3. The van der Waals surface area contributed by atoms with Crippen molar-refractivity contribution in [2.45, 2.75) is 27.7 Å². The summed E-state index contributed by atoms with van der Waals surface area (Å²) >= 11 is 3.74. The lowest BCUT2D eigenvalue weighted by molar-refractivity contribution is 0.669. The van der Waals surface area contributed by atoms with Crippen molar-refractivity contribution in [2.24, 2.45) is 0 Å². The molecule has 0 amide bonds. The minimum atomic E-state index is 0.938. The Hall–Kier alpha value is -13.2. The maximum Gasteiger partial charge on any atom is 0.135 e. The quantitative estimate of drug-likeness (QED) is 0.141. The summed E-state index contributed by atoms with van der Waals surface area (Å²) in [5.74, 6) is 0. The van der Waals surface area contributed by atoms with Gasteiger partial charge in [-0.2, -0.15) is 0 Å². The highest BCUT2D eigenvalue weighted by molar-refractivity contribution is 7.26. The van der Waals surface area contributed by atoms with Crippen LogP contribution in [0.5, 0.6) is 0 Å². The normalized spacial score (nSPS) is 11.3. The van der Waals surface area contributed by atoms with E-state index in [-0.39, 0.29) is 0 Å². The van der Waals surface area contributed by atoms with Gasteiger partial charge in [-0.05, 0) is 224 Å². The second-order valence-electron chi connectivity index (χ2n) is 28.4. The maximum absolute atomic E-state index is 5.94. The number of benzene rings is 17. The highest BCUT2D eigenvalue weighted by atomic mass is 32.1. The van der Waals surface area contributed by atoms with E-state index in [4.69, 9.17) is 4.42 Å². The number of furan rings is 1. The zero-order valence-electron chi connectivity index (χ0n) is 61.7. The molecule has 4 heterocycles. The van der Waals surface area contributed by atoms with E-state index in [0.717, 1.165) is 11.2 Å². The minimum absolute atomic E-state index is 0.938. The molecule has 2 nitrogen and oxygen atoms in total. The van der Waals surface area contributed by atoms with Crippen LogP contribution in [0.15, 0.2) is 399 Å². The number of hydrogen-bond donors (Lipinski definition) is 0. The summed E-state index contributed by atoms with van der Waals surface area (Å²) in [7, 11) is 0. The van der Waals surface area contributed by atoms with Gasteiger partial charge in [-0.15, -0.1) is 22.7 Å². The summed E-state index contributed by atoms with van der Waals surface area (Å²) in [6.45, 7) is 8.71. The van der Waals surface area contributed by atoms with Gasteiger partial charge in [0, 0.05) is 67.6 Å². The van der Waals surface area contributed by atoms with Gasteiger partial charge in [-0.1, -0.05) is 309 Å². The molecule has 0 fully saturated rings. The summed E-state index contributed by atoms with van der Waals surface area (Å²) < 4.78 is 13.7. The molecule has 4 heteroatoms. The number of hydrogen-bond acceptors (Lipinski definition) is 3. The molecule has 0 radical (unpaired) electrons. The smallest absolute Gasteiger partial charge is 0.135 e. The molecule has 21 rings (SSSR count). The molecular weight excluding hydrogens is 1370 g/mol. The molecule has 4 aromatic heterocycles. The molecule has 0 N–H and O–H groups in total. The molecule has 0 aliphatic carbocycles. The second kappa shape index (κ2) is 30.2. The van der Waals surface area contributed by atoms with Crippen LogP contribution < -0.4 is 0 Å². The summed E-state index contributed by atoms with van der Waals surface area (Å²) in [6.07, 6.45) is 0. The van der Waals surface area contributed by atoms with Crippen LogP contribution in [0.1, 0.15) is 22.3 Å². The Morgan fingerprint density at radius 3 is 1.04 bits per heavy atom.